The Bertz CT molecular complexity index is 1360. The Labute approximate surface area is 228 Å². The van der Waals surface area contributed by atoms with Crippen molar-refractivity contribution in [2.45, 2.75) is 11.4 Å². The molecule has 3 aliphatic rings. The summed E-state index contributed by atoms with van der Waals surface area (Å²) < 4.78 is 37.6. The van der Waals surface area contributed by atoms with Crippen LogP contribution in [0.5, 0.6) is 0 Å². The summed E-state index contributed by atoms with van der Waals surface area (Å²) in [7, 11) is -2.30. The number of nitrogens with zero attached hydrogens (tertiary/aromatic N) is 3. The highest BCUT2D eigenvalue weighted by molar-refractivity contribution is 7.92. The normalized spacial score (nSPS) is 20.3. The van der Waals surface area contributed by atoms with E-state index >= 15 is 0 Å². The van der Waals surface area contributed by atoms with Gasteiger partial charge in [-0.05, 0) is 23.8 Å². The van der Waals surface area contributed by atoms with Crippen molar-refractivity contribution in [3.05, 3.63) is 64.2 Å². The number of benzene rings is 2. The van der Waals surface area contributed by atoms with E-state index in [4.69, 9.17) is 21.1 Å². The lowest BCUT2D eigenvalue weighted by Gasteiger charge is -2.30. The highest BCUT2D eigenvalue weighted by Crippen LogP contribution is 2.39. The average molecular weight is 559 g/mol. The third-order valence-corrected chi connectivity index (χ3v) is 9.08. The van der Waals surface area contributed by atoms with E-state index in [1.807, 2.05) is 24.3 Å². The zero-order valence-corrected chi connectivity index (χ0v) is 22.9. The first-order chi connectivity index (χ1) is 18.4. The van der Waals surface area contributed by atoms with Gasteiger partial charge in [0.05, 0.1) is 47.8 Å². The van der Waals surface area contributed by atoms with E-state index in [2.05, 4.69) is 15.2 Å². The summed E-state index contributed by atoms with van der Waals surface area (Å²) in [6.45, 7) is 5.83. The number of carbonyl (C=O) groups is 1. The van der Waals surface area contributed by atoms with E-state index in [0.717, 1.165) is 38.5 Å². The van der Waals surface area contributed by atoms with Gasteiger partial charge in [0.1, 0.15) is 5.71 Å². The van der Waals surface area contributed by atoms with Gasteiger partial charge in [-0.1, -0.05) is 35.9 Å². The van der Waals surface area contributed by atoms with Crippen molar-refractivity contribution in [3.63, 3.8) is 0 Å². The third-order valence-electron chi connectivity index (χ3n) is 6.93. The van der Waals surface area contributed by atoms with Gasteiger partial charge in [-0.25, -0.2) is 8.42 Å². The second-order valence-corrected chi connectivity index (χ2v) is 11.8. The summed E-state index contributed by atoms with van der Waals surface area (Å²) in [6.07, 6.45) is 0. The topological polar surface area (TPSA) is 101 Å². The quantitative estimate of drug-likeness (QED) is 0.544. The second kappa shape index (κ2) is 11.5. The monoisotopic (exact) mass is 558 g/mol. The number of morpholine rings is 2. The smallest absolute Gasteiger partial charge is 0.272 e. The molecule has 2 aromatic rings. The molecule has 0 spiro atoms. The van der Waals surface area contributed by atoms with Crippen molar-refractivity contribution in [1.82, 2.24) is 9.80 Å². The highest BCUT2D eigenvalue weighted by Gasteiger charge is 2.37. The van der Waals surface area contributed by atoms with Crippen LogP contribution in [0.3, 0.4) is 0 Å². The maximum absolute atomic E-state index is 13.5. The zero-order valence-electron chi connectivity index (χ0n) is 21.3. The molecule has 0 unspecified atom stereocenters. The van der Waals surface area contributed by atoms with Crippen LogP contribution in [0.4, 0.5) is 5.69 Å². The number of amides is 1. The molecule has 2 fully saturated rings. The number of sulfone groups is 1. The third kappa shape index (κ3) is 5.64. The molecule has 0 saturated carbocycles. The molecule has 0 atom stereocenters. The van der Waals surface area contributed by atoms with E-state index in [0.29, 0.717) is 43.1 Å². The number of carbonyl (C=O) groups excluding carboxylic acids is 1. The summed E-state index contributed by atoms with van der Waals surface area (Å²) in [5.41, 5.74) is 3.32. The number of aliphatic imine (C=N–C) groups is 1. The Morgan fingerprint density at radius 1 is 1.00 bits per heavy atom. The Morgan fingerprint density at radius 2 is 1.66 bits per heavy atom. The Balaban J connectivity index is 1.52. The van der Waals surface area contributed by atoms with Crippen molar-refractivity contribution in [1.29, 1.82) is 0 Å². The number of hydrogen-bond donors (Lipinski definition) is 1. The molecule has 0 radical (unpaired) electrons. The molecular weight excluding hydrogens is 528 g/mol. The number of nitrogens with one attached hydrogen (secondary N) is 1. The molecule has 9 nitrogen and oxygen atoms in total. The maximum Gasteiger partial charge on any atom is 0.272 e. The van der Waals surface area contributed by atoms with Crippen molar-refractivity contribution in [2.75, 3.05) is 70.7 Å². The molecule has 1 N–H and O–H groups in total. The summed E-state index contributed by atoms with van der Waals surface area (Å²) in [5.74, 6) is -0.698. The SMILES string of the molecule is CN=C(C(=O)N1CCOCC1)C1=C(Nc2ccc(CN3CCOCC3)cc2)c2cccc(Cl)c2S(=O)(=O)C1. The van der Waals surface area contributed by atoms with E-state index < -0.39 is 9.84 Å². The van der Waals surface area contributed by atoms with Gasteiger partial charge in [0.2, 0.25) is 0 Å². The van der Waals surface area contributed by atoms with Crippen LogP contribution < -0.4 is 5.32 Å². The predicted molar refractivity (Wildman–Crippen MR) is 147 cm³/mol. The first kappa shape index (κ1) is 26.8. The molecule has 3 aliphatic heterocycles. The van der Waals surface area contributed by atoms with Crippen LogP contribution in [0, 0.1) is 0 Å². The fourth-order valence-electron chi connectivity index (χ4n) is 4.98. The molecule has 0 aliphatic carbocycles. The molecule has 3 heterocycles. The van der Waals surface area contributed by atoms with E-state index in [1.165, 1.54) is 12.6 Å². The molecule has 5 rings (SSSR count). The summed E-state index contributed by atoms with van der Waals surface area (Å²) >= 11 is 6.39. The first-order valence-corrected chi connectivity index (χ1v) is 14.7. The van der Waals surface area contributed by atoms with Gasteiger partial charge >= 0.3 is 0 Å². The molecule has 2 aromatic carbocycles. The van der Waals surface area contributed by atoms with Crippen LogP contribution in [0.15, 0.2) is 57.9 Å². The first-order valence-electron chi connectivity index (χ1n) is 12.6. The second-order valence-electron chi connectivity index (χ2n) is 9.42. The lowest BCUT2D eigenvalue weighted by molar-refractivity contribution is -0.127. The van der Waals surface area contributed by atoms with Crippen LogP contribution >= 0.6 is 11.6 Å². The van der Waals surface area contributed by atoms with Crippen LogP contribution in [-0.2, 0) is 30.7 Å². The molecular formula is C27H31ClN4O5S. The van der Waals surface area contributed by atoms with Gasteiger partial charge in [-0.3, -0.25) is 14.7 Å². The molecule has 1 amide bonds. The minimum absolute atomic E-state index is 0.0612. The molecule has 0 bridgehead atoms. The Hall–Kier alpha value is -2.76. The average Bonchev–Trinajstić information content (AvgIpc) is 2.93. The van der Waals surface area contributed by atoms with Crippen LogP contribution in [0.1, 0.15) is 11.1 Å². The fourth-order valence-corrected chi connectivity index (χ4v) is 7.18. The number of rotatable bonds is 6. The van der Waals surface area contributed by atoms with Crippen molar-refractivity contribution in [2.24, 2.45) is 4.99 Å². The minimum atomic E-state index is -3.81. The van der Waals surface area contributed by atoms with Gasteiger partial charge in [0.25, 0.3) is 5.91 Å². The standard InChI is InChI=1S/C27H31ClN4O5S/c1-29-25(27(33)32-11-15-37-16-12-32)22-18-38(34,35)26-21(3-2-4-23(26)28)24(22)30-20-7-5-19(6-8-20)17-31-9-13-36-14-10-31/h2-8,30H,9-18H2,1H3. The zero-order chi connectivity index (χ0) is 26.7. The molecule has 202 valence electrons. The van der Waals surface area contributed by atoms with Crippen molar-refractivity contribution >= 4 is 44.4 Å². The maximum atomic E-state index is 13.5. The number of fused-ring (bicyclic) bond motifs is 1. The fraction of sp³-hybridized carbons (Fsp3) is 0.407. The van der Waals surface area contributed by atoms with Crippen LogP contribution in [0.2, 0.25) is 5.02 Å². The van der Waals surface area contributed by atoms with Gasteiger partial charge in [0.15, 0.2) is 9.84 Å². The van der Waals surface area contributed by atoms with Gasteiger partial charge < -0.3 is 19.7 Å². The van der Waals surface area contributed by atoms with Gasteiger partial charge in [-0.2, -0.15) is 0 Å². The summed E-state index contributed by atoms with van der Waals surface area (Å²) in [5, 5.41) is 3.55. The van der Waals surface area contributed by atoms with Crippen molar-refractivity contribution in [3.8, 4) is 0 Å². The lowest BCUT2D eigenvalue weighted by atomic mass is 10.0. The highest BCUT2D eigenvalue weighted by atomic mass is 35.5. The lowest BCUT2D eigenvalue weighted by Crippen LogP contribution is -2.45. The molecule has 38 heavy (non-hydrogen) atoms. The van der Waals surface area contributed by atoms with Crippen LogP contribution in [0.25, 0.3) is 5.70 Å². The summed E-state index contributed by atoms with van der Waals surface area (Å²) in [6, 6.07) is 13.0. The summed E-state index contributed by atoms with van der Waals surface area (Å²) in [4.78, 5) is 21.8. The van der Waals surface area contributed by atoms with E-state index in [-0.39, 0.29) is 27.3 Å². The largest absolute Gasteiger partial charge is 0.379 e. The molecule has 2 saturated heterocycles. The number of anilines is 1. The Kier molecular flexibility index (Phi) is 8.15. The van der Waals surface area contributed by atoms with E-state index in [9.17, 15) is 13.2 Å². The van der Waals surface area contributed by atoms with Crippen LogP contribution in [-0.4, -0.2) is 95.2 Å². The molecule has 11 heteroatoms. The number of ether oxygens (including phenoxy) is 2. The van der Waals surface area contributed by atoms with Gasteiger partial charge in [0, 0.05) is 56.6 Å². The number of hydrogen-bond acceptors (Lipinski definition) is 8. The minimum Gasteiger partial charge on any atom is -0.379 e. The van der Waals surface area contributed by atoms with E-state index in [1.54, 1.807) is 23.1 Å². The van der Waals surface area contributed by atoms with Crippen molar-refractivity contribution < 1.29 is 22.7 Å². The Morgan fingerprint density at radius 3 is 2.32 bits per heavy atom. The molecule has 0 aromatic heterocycles. The predicted octanol–water partition coefficient (Wildman–Crippen LogP) is 2.71. The number of halogens is 1. The van der Waals surface area contributed by atoms with Gasteiger partial charge in [-0.15, -0.1) is 0 Å².